The monoisotopic (exact) mass is 412 g/mol. The quantitative estimate of drug-likeness (QED) is 0.409. The van der Waals surface area contributed by atoms with Gasteiger partial charge in [-0.3, -0.25) is 4.99 Å². The molecule has 1 aromatic heterocycles. The minimum atomic E-state index is 0. The highest BCUT2D eigenvalue weighted by Crippen LogP contribution is 2.17. The van der Waals surface area contributed by atoms with Crippen LogP contribution in [0.5, 0.6) is 0 Å². The zero-order chi connectivity index (χ0) is 14.5. The van der Waals surface area contributed by atoms with Crippen molar-refractivity contribution in [3.63, 3.8) is 0 Å². The van der Waals surface area contributed by atoms with Crippen LogP contribution in [0.2, 0.25) is 0 Å². The van der Waals surface area contributed by atoms with Crippen molar-refractivity contribution in [1.29, 1.82) is 0 Å². The zero-order valence-electron chi connectivity index (χ0n) is 12.8. The van der Waals surface area contributed by atoms with Crippen LogP contribution in [0.3, 0.4) is 0 Å². The van der Waals surface area contributed by atoms with Gasteiger partial charge in [-0.15, -0.1) is 24.0 Å². The van der Waals surface area contributed by atoms with Gasteiger partial charge in [0.1, 0.15) is 0 Å². The molecule has 3 rings (SSSR count). The molecule has 0 saturated heterocycles. The summed E-state index contributed by atoms with van der Waals surface area (Å²) in [5, 5.41) is 4.60. The van der Waals surface area contributed by atoms with Crippen LogP contribution in [-0.4, -0.2) is 23.5 Å². The van der Waals surface area contributed by atoms with Gasteiger partial charge < -0.3 is 16.0 Å². The van der Waals surface area contributed by atoms with Gasteiger partial charge >= 0.3 is 0 Å². The average molecular weight is 412 g/mol. The Morgan fingerprint density at radius 1 is 1.23 bits per heavy atom. The molecule has 22 heavy (non-hydrogen) atoms. The maximum Gasteiger partial charge on any atom is 0.188 e. The van der Waals surface area contributed by atoms with Crippen molar-refractivity contribution in [1.82, 2.24) is 10.3 Å². The molecule has 1 aliphatic carbocycles. The number of hydrogen-bond acceptors (Lipinski definition) is 1. The first-order valence-corrected chi connectivity index (χ1v) is 7.94. The lowest BCUT2D eigenvalue weighted by atomic mass is 9.96. The standard InChI is InChI=1S/C17H24N4.HI/c18-17(21-14-7-2-1-3-8-14)19-11-10-15-12-13-6-4-5-9-16(13)20-15;/h4-6,9,12,14,20H,1-3,7-8,10-11H2,(H3,18,19,21);1H. The molecule has 1 aliphatic rings. The lowest BCUT2D eigenvalue weighted by Crippen LogP contribution is -2.41. The molecule has 1 aromatic carbocycles. The number of fused-ring (bicyclic) bond motifs is 1. The molecule has 0 spiro atoms. The first-order chi connectivity index (χ1) is 10.3. The Hall–Kier alpha value is -1.24. The molecule has 1 saturated carbocycles. The molecule has 4 N–H and O–H groups in total. The first kappa shape index (κ1) is 17.1. The summed E-state index contributed by atoms with van der Waals surface area (Å²) in [7, 11) is 0. The van der Waals surface area contributed by atoms with Gasteiger partial charge in [-0.2, -0.15) is 0 Å². The van der Waals surface area contributed by atoms with Crippen molar-refractivity contribution >= 4 is 40.8 Å². The summed E-state index contributed by atoms with van der Waals surface area (Å²) in [6, 6.07) is 11.0. The number of aliphatic imine (C=N–C) groups is 1. The lowest BCUT2D eigenvalue weighted by molar-refractivity contribution is 0.412. The van der Waals surface area contributed by atoms with E-state index in [1.54, 1.807) is 0 Å². The number of nitrogens with two attached hydrogens (primary N) is 1. The topological polar surface area (TPSA) is 66.2 Å². The van der Waals surface area contributed by atoms with E-state index in [-0.39, 0.29) is 24.0 Å². The number of nitrogens with one attached hydrogen (secondary N) is 2. The number of aromatic nitrogens is 1. The number of guanidine groups is 1. The van der Waals surface area contributed by atoms with E-state index in [2.05, 4.69) is 39.6 Å². The van der Waals surface area contributed by atoms with E-state index < -0.39 is 0 Å². The van der Waals surface area contributed by atoms with Crippen molar-refractivity contribution in [2.75, 3.05) is 6.54 Å². The Labute approximate surface area is 149 Å². The fourth-order valence-electron chi connectivity index (χ4n) is 3.07. The largest absolute Gasteiger partial charge is 0.370 e. The highest BCUT2D eigenvalue weighted by Gasteiger charge is 2.13. The van der Waals surface area contributed by atoms with Crippen LogP contribution in [0.15, 0.2) is 35.3 Å². The number of halogens is 1. The van der Waals surface area contributed by atoms with Crippen LogP contribution in [0.25, 0.3) is 10.9 Å². The highest BCUT2D eigenvalue weighted by molar-refractivity contribution is 14.0. The molecule has 4 nitrogen and oxygen atoms in total. The van der Waals surface area contributed by atoms with E-state index in [0.29, 0.717) is 12.0 Å². The molecule has 2 aromatic rings. The van der Waals surface area contributed by atoms with Gasteiger partial charge in [0.2, 0.25) is 0 Å². The van der Waals surface area contributed by atoms with Crippen LogP contribution in [0.1, 0.15) is 37.8 Å². The van der Waals surface area contributed by atoms with Crippen molar-refractivity contribution in [3.8, 4) is 0 Å². The van der Waals surface area contributed by atoms with Gasteiger partial charge in [0.05, 0.1) is 0 Å². The SMILES string of the molecule is I.NC(=NCCc1cc2ccccc2[nH]1)NC1CCCCC1. The van der Waals surface area contributed by atoms with Gasteiger partial charge in [-0.05, 0) is 30.4 Å². The summed E-state index contributed by atoms with van der Waals surface area (Å²) in [5.74, 6) is 0.595. The summed E-state index contributed by atoms with van der Waals surface area (Å²) in [6.45, 7) is 0.721. The maximum atomic E-state index is 5.97. The molecule has 0 unspecified atom stereocenters. The Bertz CT molecular complexity index is 581. The van der Waals surface area contributed by atoms with E-state index in [9.17, 15) is 0 Å². The molecule has 1 heterocycles. The van der Waals surface area contributed by atoms with Crippen molar-refractivity contribution < 1.29 is 0 Å². The fraction of sp³-hybridized carbons (Fsp3) is 0.471. The van der Waals surface area contributed by atoms with Crippen LogP contribution in [-0.2, 0) is 6.42 Å². The van der Waals surface area contributed by atoms with E-state index in [0.717, 1.165) is 13.0 Å². The predicted octanol–water partition coefficient (Wildman–Crippen LogP) is 3.57. The molecule has 0 amide bonds. The average Bonchev–Trinajstić information content (AvgIpc) is 2.91. The molecule has 0 bridgehead atoms. The first-order valence-electron chi connectivity index (χ1n) is 7.94. The van der Waals surface area contributed by atoms with Crippen LogP contribution in [0.4, 0.5) is 0 Å². The smallest absolute Gasteiger partial charge is 0.188 e. The summed E-state index contributed by atoms with van der Waals surface area (Å²) in [6.07, 6.45) is 7.30. The number of benzene rings is 1. The fourth-order valence-corrected chi connectivity index (χ4v) is 3.07. The Morgan fingerprint density at radius 3 is 2.77 bits per heavy atom. The third-order valence-electron chi connectivity index (χ3n) is 4.21. The second-order valence-corrected chi connectivity index (χ2v) is 5.88. The normalized spacial score (nSPS) is 16.5. The van der Waals surface area contributed by atoms with Crippen molar-refractivity contribution in [3.05, 3.63) is 36.0 Å². The summed E-state index contributed by atoms with van der Waals surface area (Å²) in [5.41, 5.74) is 8.37. The molecule has 5 heteroatoms. The molecular weight excluding hydrogens is 387 g/mol. The lowest BCUT2D eigenvalue weighted by Gasteiger charge is -2.23. The predicted molar refractivity (Wildman–Crippen MR) is 104 cm³/mol. The zero-order valence-corrected chi connectivity index (χ0v) is 15.2. The number of aromatic amines is 1. The second kappa shape index (κ2) is 8.41. The number of H-pyrrole nitrogens is 1. The molecule has 120 valence electrons. The minimum absolute atomic E-state index is 0. The van der Waals surface area contributed by atoms with E-state index >= 15 is 0 Å². The Balaban J connectivity index is 0.00000176. The number of hydrogen-bond donors (Lipinski definition) is 3. The summed E-state index contributed by atoms with van der Waals surface area (Å²) in [4.78, 5) is 7.87. The maximum absolute atomic E-state index is 5.97. The van der Waals surface area contributed by atoms with E-state index in [1.807, 2.05) is 6.07 Å². The minimum Gasteiger partial charge on any atom is -0.370 e. The van der Waals surface area contributed by atoms with E-state index in [4.69, 9.17) is 5.73 Å². The summed E-state index contributed by atoms with van der Waals surface area (Å²) < 4.78 is 0. The van der Waals surface area contributed by atoms with Gasteiger partial charge in [0, 0.05) is 30.2 Å². The number of rotatable bonds is 4. The van der Waals surface area contributed by atoms with E-state index in [1.165, 1.54) is 48.7 Å². The molecule has 0 atom stereocenters. The Kier molecular flexibility index (Phi) is 6.54. The van der Waals surface area contributed by atoms with Gasteiger partial charge in [0.25, 0.3) is 0 Å². The number of nitrogens with zero attached hydrogens (tertiary/aromatic N) is 1. The van der Waals surface area contributed by atoms with Crippen LogP contribution >= 0.6 is 24.0 Å². The molecule has 1 fully saturated rings. The van der Waals surface area contributed by atoms with Crippen molar-refractivity contribution in [2.45, 2.75) is 44.6 Å². The number of para-hydroxylation sites is 1. The third-order valence-corrected chi connectivity index (χ3v) is 4.21. The highest BCUT2D eigenvalue weighted by atomic mass is 127. The van der Waals surface area contributed by atoms with Crippen molar-refractivity contribution in [2.24, 2.45) is 10.7 Å². The molecular formula is C17H25IN4. The van der Waals surface area contributed by atoms with Gasteiger partial charge in [-0.25, -0.2) is 0 Å². The van der Waals surface area contributed by atoms with Crippen LogP contribution in [0, 0.1) is 0 Å². The Morgan fingerprint density at radius 2 is 2.00 bits per heavy atom. The van der Waals surface area contributed by atoms with Crippen LogP contribution < -0.4 is 11.1 Å². The molecule has 0 aliphatic heterocycles. The molecule has 0 radical (unpaired) electrons. The third kappa shape index (κ3) is 4.63. The van der Waals surface area contributed by atoms with Gasteiger partial charge in [0.15, 0.2) is 5.96 Å². The summed E-state index contributed by atoms with van der Waals surface area (Å²) >= 11 is 0. The second-order valence-electron chi connectivity index (χ2n) is 5.88. The van der Waals surface area contributed by atoms with Gasteiger partial charge in [-0.1, -0.05) is 37.5 Å².